The monoisotopic (exact) mass is 366 g/mol. The average molecular weight is 366 g/mol. The normalized spacial score (nSPS) is 11.7. The molecule has 5 nitrogen and oxygen atoms in total. The van der Waals surface area contributed by atoms with Crippen LogP contribution in [0, 0.1) is 0 Å². The van der Waals surface area contributed by atoms with Crippen molar-refractivity contribution in [3.63, 3.8) is 0 Å². The standard InChI is InChI=1S/C20H22N4OS/c1-20(2,3)15-8-6-9-16(11-15)25-17-10-5-4-7-14(17)12-22-24-19-23-18(21)13-26-19/h4-13H,21H2,1-3H3,(H,23,24). The van der Waals surface area contributed by atoms with E-state index >= 15 is 0 Å². The zero-order chi connectivity index (χ0) is 18.6. The molecule has 0 saturated heterocycles. The van der Waals surface area contributed by atoms with Gasteiger partial charge in [-0.25, -0.2) is 4.98 Å². The van der Waals surface area contributed by atoms with Gasteiger partial charge in [-0.2, -0.15) is 5.10 Å². The summed E-state index contributed by atoms with van der Waals surface area (Å²) in [6, 6.07) is 15.9. The van der Waals surface area contributed by atoms with E-state index in [9.17, 15) is 0 Å². The smallest absolute Gasteiger partial charge is 0.205 e. The number of thiazole rings is 1. The second-order valence-corrected chi connectivity index (χ2v) is 7.72. The molecular formula is C20H22N4OS. The second kappa shape index (κ2) is 7.58. The largest absolute Gasteiger partial charge is 0.457 e. The maximum atomic E-state index is 6.10. The van der Waals surface area contributed by atoms with Gasteiger partial charge in [0.25, 0.3) is 0 Å². The molecule has 3 N–H and O–H groups in total. The number of nitrogen functional groups attached to an aromatic ring is 1. The summed E-state index contributed by atoms with van der Waals surface area (Å²) in [6.07, 6.45) is 1.71. The van der Waals surface area contributed by atoms with E-state index < -0.39 is 0 Å². The Morgan fingerprint density at radius 1 is 1.15 bits per heavy atom. The molecule has 0 fully saturated rings. The van der Waals surface area contributed by atoms with Crippen LogP contribution in [-0.2, 0) is 5.41 Å². The van der Waals surface area contributed by atoms with Crippen LogP contribution in [0.3, 0.4) is 0 Å². The molecule has 0 saturated carbocycles. The van der Waals surface area contributed by atoms with Gasteiger partial charge in [-0.05, 0) is 35.2 Å². The fourth-order valence-electron chi connectivity index (χ4n) is 2.33. The van der Waals surface area contributed by atoms with Crippen LogP contribution < -0.4 is 15.9 Å². The molecule has 1 heterocycles. The van der Waals surface area contributed by atoms with Gasteiger partial charge in [-0.15, -0.1) is 11.3 Å². The fraction of sp³-hybridized carbons (Fsp3) is 0.200. The highest BCUT2D eigenvalue weighted by molar-refractivity contribution is 7.14. The zero-order valence-corrected chi connectivity index (χ0v) is 15.9. The number of nitrogens with one attached hydrogen (secondary N) is 1. The molecule has 26 heavy (non-hydrogen) atoms. The van der Waals surface area contributed by atoms with Crippen LogP contribution in [0.25, 0.3) is 0 Å². The van der Waals surface area contributed by atoms with Crippen LogP contribution in [0.5, 0.6) is 11.5 Å². The maximum absolute atomic E-state index is 6.10. The van der Waals surface area contributed by atoms with Crippen molar-refractivity contribution < 1.29 is 4.74 Å². The minimum absolute atomic E-state index is 0.0693. The van der Waals surface area contributed by atoms with Crippen LogP contribution in [0.2, 0.25) is 0 Å². The molecule has 0 aliphatic carbocycles. The van der Waals surface area contributed by atoms with Crippen LogP contribution in [-0.4, -0.2) is 11.2 Å². The molecule has 0 radical (unpaired) electrons. The molecule has 1 aromatic heterocycles. The lowest BCUT2D eigenvalue weighted by Crippen LogP contribution is -2.10. The molecular weight excluding hydrogens is 344 g/mol. The number of hydrogen-bond acceptors (Lipinski definition) is 6. The molecule has 0 unspecified atom stereocenters. The van der Waals surface area contributed by atoms with Gasteiger partial charge < -0.3 is 10.5 Å². The van der Waals surface area contributed by atoms with Gasteiger partial charge in [0.1, 0.15) is 17.3 Å². The van der Waals surface area contributed by atoms with Crippen molar-refractivity contribution >= 4 is 28.5 Å². The molecule has 2 aromatic carbocycles. The Morgan fingerprint density at radius 2 is 1.96 bits per heavy atom. The molecule has 0 aliphatic heterocycles. The minimum Gasteiger partial charge on any atom is -0.457 e. The van der Waals surface area contributed by atoms with Gasteiger partial charge >= 0.3 is 0 Å². The van der Waals surface area contributed by atoms with Crippen molar-refractivity contribution in [2.45, 2.75) is 26.2 Å². The highest BCUT2D eigenvalue weighted by Gasteiger charge is 2.14. The number of benzene rings is 2. The van der Waals surface area contributed by atoms with E-state index in [1.807, 2.05) is 36.4 Å². The second-order valence-electron chi connectivity index (χ2n) is 6.87. The lowest BCUT2D eigenvalue weighted by atomic mass is 9.87. The third kappa shape index (κ3) is 4.61. The number of aromatic nitrogens is 1. The summed E-state index contributed by atoms with van der Waals surface area (Å²) in [4.78, 5) is 4.10. The summed E-state index contributed by atoms with van der Waals surface area (Å²) in [5.41, 5.74) is 10.6. The molecule has 0 atom stereocenters. The Balaban J connectivity index is 1.77. The predicted molar refractivity (Wildman–Crippen MR) is 109 cm³/mol. The quantitative estimate of drug-likeness (QED) is 0.477. The number of hydrazone groups is 1. The van der Waals surface area contributed by atoms with Crippen molar-refractivity contribution in [1.29, 1.82) is 0 Å². The van der Waals surface area contributed by atoms with Crippen LogP contribution in [0.15, 0.2) is 59.0 Å². The molecule has 0 spiro atoms. The van der Waals surface area contributed by atoms with Crippen molar-refractivity contribution in [2.75, 3.05) is 11.2 Å². The van der Waals surface area contributed by atoms with Gasteiger partial charge in [-0.3, -0.25) is 5.43 Å². The Labute approximate surface area is 157 Å². The number of nitrogens with two attached hydrogens (primary N) is 1. The Morgan fingerprint density at radius 3 is 2.69 bits per heavy atom. The van der Waals surface area contributed by atoms with E-state index in [0.717, 1.165) is 17.1 Å². The lowest BCUT2D eigenvalue weighted by Gasteiger charge is -2.20. The summed E-state index contributed by atoms with van der Waals surface area (Å²) in [6.45, 7) is 6.55. The van der Waals surface area contributed by atoms with E-state index in [1.54, 1.807) is 11.6 Å². The molecule has 134 valence electrons. The van der Waals surface area contributed by atoms with Crippen molar-refractivity contribution in [1.82, 2.24) is 4.98 Å². The third-order valence-electron chi connectivity index (χ3n) is 3.73. The maximum Gasteiger partial charge on any atom is 0.205 e. The van der Waals surface area contributed by atoms with Gasteiger partial charge in [0.05, 0.1) is 6.21 Å². The van der Waals surface area contributed by atoms with E-state index in [0.29, 0.717) is 10.9 Å². The molecule has 3 rings (SSSR count). The highest BCUT2D eigenvalue weighted by atomic mass is 32.1. The first-order chi connectivity index (χ1) is 12.4. The van der Waals surface area contributed by atoms with Crippen LogP contribution in [0.1, 0.15) is 31.9 Å². The molecule has 0 amide bonds. The van der Waals surface area contributed by atoms with Crippen molar-refractivity contribution in [3.05, 3.63) is 65.0 Å². The number of ether oxygens (including phenoxy) is 1. The van der Waals surface area contributed by atoms with Gasteiger partial charge in [0.15, 0.2) is 0 Å². The fourth-order valence-corrected chi connectivity index (χ4v) is 2.88. The van der Waals surface area contributed by atoms with Crippen molar-refractivity contribution in [2.24, 2.45) is 5.10 Å². The van der Waals surface area contributed by atoms with Crippen LogP contribution in [0.4, 0.5) is 10.9 Å². The zero-order valence-electron chi connectivity index (χ0n) is 15.1. The van der Waals surface area contributed by atoms with Gasteiger partial charge in [0, 0.05) is 10.9 Å². The first-order valence-electron chi connectivity index (χ1n) is 8.29. The molecule has 0 aliphatic rings. The first-order valence-corrected chi connectivity index (χ1v) is 9.17. The molecule has 0 bridgehead atoms. The van der Waals surface area contributed by atoms with Crippen molar-refractivity contribution in [3.8, 4) is 11.5 Å². The summed E-state index contributed by atoms with van der Waals surface area (Å²) in [7, 11) is 0. The highest BCUT2D eigenvalue weighted by Crippen LogP contribution is 2.29. The summed E-state index contributed by atoms with van der Waals surface area (Å²) in [5, 5.41) is 6.63. The average Bonchev–Trinajstić information content (AvgIpc) is 3.01. The topological polar surface area (TPSA) is 72.5 Å². The Bertz CT molecular complexity index is 912. The first kappa shape index (κ1) is 17.9. The van der Waals surface area contributed by atoms with E-state index in [2.05, 4.69) is 48.4 Å². The number of para-hydroxylation sites is 1. The molecule has 3 aromatic rings. The van der Waals surface area contributed by atoms with E-state index in [-0.39, 0.29) is 5.41 Å². The number of anilines is 2. The summed E-state index contributed by atoms with van der Waals surface area (Å²) >= 11 is 1.40. The summed E-state index contributed by atoms with van der Waals surface area (Å²) in [5.74, 6) is 2.02. The van der Waals surface area contributed by atoms with Gasteiger partial charge in [-0.1, -0.05) is 45.0 Å². The van der Waals surface area contributed by atoms with E-state index in [1.165, 1.54) is 16.9 Å². The number of rotatable bonds is 5. The molecule has 6 heteroatoms. The predicted octanol–water partition coefficient (Wildman–Crippen LogP) is 5.26. The van der Waals surface area contributed by atoms with E-state index in [4.69, 9.17) is 10.5 Å². The lowest BCUT2D eigenvalue weighted by molar-refractivity contribution is 0.478. The SMILES string of the molecule is CC(C)(C)c1cccc(Oc2ccccc2C=NNc2nc(N)cs2)c1. The number of nitrogens with zero attached hydrogens (tertiary/aromatic N) is 2. The Kier molecular flexibility index (Phi) is 5.23. The Hall–Kier alpha value is -2.86. The number of hydrogen-bond donors (Lipinski definition) is 2. The van der Waals surface area contributed by atoms with Gasteiger partial charge in [0.2, 0.25) is 5.13 Å². The third-order valence-corrected chi connectivity index (χ3v) is 4.50. The minimum atomic E-state index is 0.0693. The van der Waals surface area contributed by atoms with Crippen LogP contribution >= 0.6 is 11.3 Å². The summed E-state index contributed by atoms with van der Waals surface area (Å²) < 4.78 is 6.10.